The lowest BCUT2D eigenvalue weighted by Gasteiger charge is -2.42. The van der Waals surface area contributed by atoms with Crippen molar-refractivity contribution in [3.8, 4) is 11.5 Å². The Morgan fingerprint density at radius 2 is 1.63 bits per heavy atom. The molecule has 2 aromatic rings. The van der Waals surface area contributed by atoms with Crippen LogP contribution in [0, 0.1) is 11.8 Å². The zero-order valence-corrected chi connectivity index (χ0v) is 22.1. The van der Waals surface area contributed by atoms with Gasteiger partial charge in [0.05, 0.1) is 30.9 Å². The minimum atomic E-state index is -0.131. The number of rotatable bonds is 7. The van der Waals surface area contributed by atoms with Crippen LogP contribution in [-0.4, -0.2) is 59.9 Å². The van der Waals surface area contributed by atoms with Crippen LogP contribution in [0.4, 0.5) is 10.5 Å². The van der Waals surface area contributed by atoms with Crippen LogP contribution in [0.15, 0.2) is 65.8 Å². The highest BCUT2D eigenvalue weighted by Crippen LogP contribution is 2.38. The Labute approximate surface area is 224 Å². The van der Waals surface area contributed by atoms with Gasteiger partial charge in [-0.3, -0.25) is 4.79 Å². The molecule has 1 N–H and O–H groups in total. The molecule has 2 aromatic carbocycles. The van der Waals surface area contributed by atoms with Crippen LogP contribution in [0.25, 0.3) is 0 Å². The smallest absolute Gasteiger partial charge is 0.321 e. The van der Waals surface area contributed by atoms with Gasteiger partial charge in [0, 0.05) is 30.3 Å². The van der Waals surface area contributed by atoms with E-state index in [1.54, 1.807) is 5.01 Å². The summed E-state index contributed by atoms with van der Waals surface area (Å²) in [4.78, 5) is 28.2. The number of carbonyl (C=O) groups excluding carboxylic acids is 2. The molecule has 0 aromatic heterocycles. The number of piperidine rings is 1. The van der Waals surface area contributed by atoms with Crippen LogP contribution in [0.2, 0.25) is 0 Å². The molecule has 2 heterocycles. The van der Waals surface area contributed by atoms with E-state index in [4.69, 9.17) is 14.6 Å². The fourth-order valence-corrected chi connectivity index (χ4v) is 5.58. The molecular formula is C30H36N4O4. The van der Waals surface area contributed by atoms with Crippen molar-refractivity contribution in [3.05, 3.63) is 66.2 Å². The number of fused-ring (bicyclic) bond motifs is 1. The number of urea groups is 1. The summed E-state index contributed by atoms with van der Waals surface area (Å²) in [5, 5.41) is 9.69. The summed E-state index contributed by atoms with van der Waals surface area (Å²) < 4.78 is 11.6. The summed E-state index contributed by atoms with van der Waals surface area (Å²) in [5.41, 5.74) is 2.66. The molecule has 1 aliphatic carbocycles. The van der Waals surface area contributed by atoms with E-state index in [0.29, 0.717) is 57.1 Å². The molecule has 2 aliphatic heterocycles. The number of benzene rings is 2. The highest BCUT2D eigenvalue weighted by Gasteiger charge is 2.43. The van der Waals surface area contributed by atoms with Gasteiger partial charge in [-0.25, -0.2) is 9.80 Å². The molecule has 0 bridgehead atoms. The molecule has 0 spiro atoms. The molecule has 1 saturated heterocycles. The number of carbonyl (C=O) groups is 2. The molecule has 8 nitrogen and oxygen atoms in total. The first-order valence-electron chi connectivity index (χ1n) is 13.7. The van der Waals surface area contributed by atoms with E-state index >= 15 is 0 Å². The number of likely N-dealkylation sites (tertiary alicyclic amines) is 1. The van der Waals surface area contributed by atoms with E-state index in [1.807, 2.05) is 67.3 Å². The Kier molecular flexibility index (Phi) is 7.96. The highest BCUT2D eigenvalue weighted by molar-refractivity contribution is 6.07. The number of para-hydroxylation sites is 1. The molecule has 38 heavy (non-hydrogen) atoms. The van der Waals surface area contributed by atoms with E-state index in [9.17, 15) is 9.59 Å². The molecule has 0 radical (unpaired) electrons. The van der Waals surface area contributed by atoms with Crippen molar-refractivity contribution >= 4 is 23.3 Å². The Morgan fingerprint density at radius 1 is 0.947 bits per heavy atom. The molecular weight excluding hydrogens is 480 g/mol. The fourth-order valence-electron chi connectivity index (χ4n) is 5.58. The summed E-state index contributed by atoms with van der Waals surface area (Å²) in [6, 6.07) is 15.3. The largest absolute Gasteiger partial charge is 0.490 e. The topological polar surface area (TPSA) is 83.5 Å². The number of hydrogen-bond donors (Lipinski definition) is 1. The van der Waals surface area contributed by atoms with Crippen molar-refractivity contribution in [2.75, 3.05) is 31.6 Å². The Hall–Kier alpha value is -3.81. The minimum absolute atomic E-state index is 0.0351. The average molecular weight is 517 g/mol. The predicted octanol–water partition coefficient (Wildman–Crippen LogP) is 5.31. The van der Waals surface area contributed by atoms with E-state index in [-0.39, 0.29) is 29.8 Å². The maximum atomic E-state index is 13.6. The van der Waals surface area contributed by atoms with Crippen molar-refractivity contribution in [2.24, 2.45) is 16.9 Å². The van der Waals surface area contributed by atoms with Gasteiger partial charge in [-0.15, -0.1) is 0 Å². The van der Waals surface area contributed by atoms with E-state index in [0.717, 1.165) is 23.4 Å². The van der Waals surface area contributed by atoms with E-state index in [1.165, 1.54) is 0 Å². The summed E-state index contributed by atoms with van der Waals surface area (Å²) in [6.07, 6.45) is 7.14. The number of allylic oxidation sites excluding steroid dienone is 2. The normalized spacial score (nSPS) is 21.5. The quantitative estimate of drug-likeness (QED) is 0.506. The summed E-state index contributed by atoms with van der Waals surface area (Å²) >= 11 is 0. The third-order valence-electron chi connectivity index (χ3n) is 7.50. The lowest BCUT2D eigenvalue weighted by atomic mass is 9.76. The van der Waals surface area contributed by atoms with Gasteiger partial charge < -0.3 is 19.7 Å². The molecule has 2 atom stereocenters. The highest BCUT2D eigenvalue weighted by atomic mass is 16.5. The van der Waals surface area contributed by atoms with Crippen LogP contribution in [-0.2, 0) is 4.79 Å². The molecule has 3 aliphatic rings. The van der Waals surface area contributed by atoms with Crippen LogP contribution in [0.1, 0.15) is 45.1 Å². The van der Waals surface area contributed by atoms with Crippen molar-refractivity contribution in [3.63, 3.8) is 0 Å². The second-order valence-electron chi connectivity index (χ2n) is 9.87. The number of nitrogens with zero attached hydrogens (tertiary/aromatic N) is 3. The van der Waals surface area contributed by atoms with Gasteiger partial charge in [0.1, 0.15) is 0 Å². The molecule has 2 unspecified atom stereocenters. The van der Waals surface area contributed by atoms with Crippen LogP contribution >= 0.6 is 0 Å². The summed E-state index contributed by atoms with van der Waals surface area (Å²) in [6.45, 7) is 6.14. The van der Waals surface area contributed by atoms with Gasteiger partial charge in [0.15, 0.2) is 11.5 Å². The molecule has 3 amide bonds. The molecule has 8 heteroatoms. The number of hydrogen-bond acceptors (Lipinski definition) is 5. The van der Waals surface area contributed by atoms with Crippen LogP contribution in [0.3, 0.4) is 0 Å². The van der Waals surface area contributed by atoms with Gasteiger partial charge in [0.2, 0.25) is 5.91 Å². The monoisotopic (exact) mass is 516 g/mol. The Balaban J connectivity index is 1.36. The van der Waals surface area contributed by atoms with Gasteiger partial charge in [-0.1, -0.05) is 30.4 Å². The second-order valence-corrected chi connectivity index (χ2v) is 9.87. The van der Waals surface area contributed by atoms with Crippen molar-refractivity contribution < 1.29 is 19.1 Å². The SMILES string of the molecule is CCOc1ccc(C2=NN(C3CCN(C(=O)Nc4ccccc4)CC3)C(=O)C3CC=CCC23)cc1OCC. The Morgan fingerprint density at radius 3 is 2.34 bits per heavy atom. The summed E-state index contributed by atoms with van der Waals surface area (Å²) in [7, 11) is 0. The Bertz CT molecular complexity index is 1200. The maximum Gasteiger partial charge on any atom is 0.321 e. The number of amides is 3. The summed E-state index contributed by atoms with van der Waals surface area (Å²) in [5.74, 6) is 1.40. The van der Waals surface area contributed by atoms with Gasteiger partial charge in [0.25, 0.3) is 0 Å². The minimum Gasteiger partial charge on any atom is -0.490 e. The van der Waals surface area contributed by atoms with E-state index < -0.39 is 0 Å². The van der Waals surface area contributed by atoms with E-state index in [2.05, 4.69) is 17.5 Å². The first kappa shape index (κ1) is 25.8. The third kappa shape index (κ3) is 5.39. The van der Waals surface area contributed by atoms with Crippen molar-refractivity contribution in [1.82, 2.24) is 9.91 Å². The number of ether oxygens (including phenoxy) is 2. The second kappa shape index (κ2) is 11.7. The van der Waals surface area contributed by atoms with Crippen molar-refractivity contribution in [1.29, 1.82) is 0 Å². The molecule has 5 rings (SSSR count). The number of hydrazone groups is 1. The molecule has 0 saturated carbocycles. The number of nitrogens with one attached hydrogen (secondary N) is 1. The zero-order valence-electron chi connectivity index (χ0n) is 22.1. The van der Waals surface area contributed by atoms with Crippen LogP contribution < -0.4 is 14.8 Å². The van der Waals surface area contributed by atoms with Gasteiger partial charge in [-0.05, 0) is 69.9 Å². The van der Waals surface area contributed by atoms with Crippen molar-refractivity contribution in [2.45, 2.75) is 45.6 Å². The van der Waals surface area contributed by atoms with Crippen LogP contribution in [0.5, 0.6) is 11.5 Å². The number of anilines is 1. The molecule has 1 fully saturated rings. The zero-order chi connectivity index (χ0) is 26.5. The fraction of sp³-hybridized carbons (Fsp3) is 0.433. The first-order chi connectivity index (χ1) is 18.6. The maximum absolute atomic E-state index is 13.6. The standard InChI is InChI=1S/C30H36N4O4/c1-3-37-26-15-14-21(20-27(26)38-4-2)28-24-12-8-9-13-25(24)29(35)34(32-28)23-16-18-33(19-17-23)30(36)31-22-10-6-5-7-11-22/h5-11,14-15,20,23-25H,3-4,12-13,16-19H2,1-2H3,(H,31,36). The third-order valence-corrected chi connectivity index (χ3v) is 7.50. The molecule has 200 valence electrons. The first-order valence-corrected chi connectivity index (χ1v) is 13.7. The average Bonchev–Trinajstić information content (AvgIpc) is 2.95. The lowest BCUT2D eigenvalue weighted by Crippen LogP contribution is -2.53. The lowest BCUT2D eigenvalue weighted by molar-refractivity contribution is -0.141. The van der Waals surface area contributed by atoms with Gasteiger partial charge in [-0.2, -0.15) is 5.10 Å². The predicted molar refractivity (Wildman–Crippen MR) is 148 cm³/mol. The van der Waals surface area contributed by atoms with Gasteiger partial charge >= 0.3 is 6.03 Å².